The fourth-order valence-electron chi connectivity index (χ4n) is 2.72. The number of hydrogen-bond acceptors (Lipinski definition) is 5. The monoisotopic (exact) mass is 352 g/mol. The van der Waals surface area contributed by atoms with E-state index in [2.05, 4.69) is 5.10 Å². The SMILES string of the molecule is COc1ccc(C(C)=O)c(OCC(=O)N2CCC(c3ccccc3)=N2)c1. The van der Waals surface area contributed by atoms with E-state index in [4.69, 9.17) is 9.47 Å². The van der Waals surface area contributed by atoms with Crippen molar-refractivity contribution in [2.75, 3.05) is 20.3 Å². The summed E-state index contributed by atoms with van der Waals surface area (Å²) >= 11 is 0. The van der Waals surface area contributed by atoms with E-state index in [1.807, 2.05) is 30.3 Å². The van der Waals surface area contributed by atoms with Gasteiger partial charge in [0.05, 0.1) is 24.9 Å². The number of hydrazone groups is 1. The summed E-state index contributed by atoms with van der Waals surface area (Å²) in [4.78, 5) is 24.1. The molecule has 0 radical (unpaired) electrons. The summed E-state index contributed by atoms with van der Waals surface area (Å²) in [6.07, 6.45) is 0.702. The first-order valence-corrected chi connectivity index (χ1v) is 8.33. The summed E-state index contributed by atoms with van der Waals surface area (Å²) in [7, 11) is 1.53. The van der Waals surface area contributed by atoms with E-state index in [0.717, 1.165) is 11.3 Å². The maximum atomic E-state index is 12.4. The number of hydrogen-bond donors (Lipinski definition) is 0. The molecule has 1 heterocycles. The van der Waals surface area contributed by atoms with Crippen molar-refractivity contribution in [1.29, 1.82) is 0 Å². The number of nitrogens with zero attached hydrogens (tertiary/aromatic N) is 2. The second kappa shape index (κ2) is 7.82. The van der Waals surface area contributed by atoms with Crippen molar-refractivity contribution in [1.82, 2.24) is 5.01 Å². The van der Waals surface area contributed by atoms with Gasteiger partial charge in [-0.25, -0.2) is 5.01 Å². The second-order valence-electron chi connectivity index (χ2n) is 5.89. The van der Waals surface area contributed by atoms with Gasteiger partial charge in [-0.2, -0.15) is 5.10 Å². The lowest BCUT2D eigenvalue weighted by Gasteiger charge is -2.14. The number of amides is 1. The highest BCUT2D eigenvalue weighted by Crippen LogP contribution is 2.25. The largest absolute Gasteiger partial charge is 0.497 e. The highest BCUT2D eigenvalue weighted by atomic mass is 16.5. The molecular formula is C20H20N2O4. The van der Waals surface area contributed by atoms with Gasteiger partial charge >= 0.3 is 0 Å². The molecule has 134 valence electrons. The summed E-state index contributed by atoms with van der Waals surface area (Å²) in [6.45, 7) is 1.77. The minimum absolute atomic E-state index is 0.138. The Hall–Kier alpha value is -3.15. The first-order chi connectivity index (χ1) is 12.6. The maximum absolute atomic E-state index is 12.4. The molecule has 0 N–H and O–H groups in total. The zero-order valence-electron chi connectivity index (χ0n) is 14.8. The third kappa shape index (κ3) is 3.91. The fraction of sp³-hybridized carbons (Fsp3) is 0.250. The molecule has 6 heteroatoms. The standard InChI is InChI=1S/C20H20N2O4/c1-14(23)17-9-8-16(25-2)12-19(17)26-13-20(24)22-11-10-18(21-22)15-6-4-3-5-7-15/h3-9,12H,10-11,13H2,1-2H3. The van der Waals surface area contributed by atoms with Gasteiger partial charge in [0.1, 0.15) is 11.5 Å². The van der Waals surface area contributed by atoms with Crippen LogP contribution in [0.1, 0.15) is 29.3 Å². The molecule has 0 atom stereocenters. The van der Waals surface area contributed by atoms with Crippen LogP contribution in [-0.2, 0) is 4.79 Å². The van der Waals surface area contributed by atoms with Gasteiger partial charge in [-0.1, -0.05) is 30.3 Å². The zero-order chi connectivity index (χ0) is 18.5. The molecule has 1 aliphatic heterocycles. The van der Waals surface area contributed by atoms with Crippen LogP contribution in [0, 0.1) is 0 Å². The van der Waals surface area contributed by atoms with Crippen LogP contribution in [0.2, 0.25) is 0 Å². The highest BCUT2D eigenvalue weighted by molar-refractivity contribution is 6.02. The van der Waals surface area contributed by atoms with Crippen LogP contribution in [0.3, 0.4) is 0 Å². The van der Waals surface area contributed by atoms with E-state index in [1.165, 1.54) is 19.0 Å². The summed E-state index contributed by atoms with van der Waals surface area (Å²) in [5.41, 5.74) is 2.30. The van der Waals surface area contributed by atoms with Crippen LogP contribution in [0.15, 0.2) is 53.6 Å². The molecule has 0 aromatic heterocycles. The molecule has 26 heavy (non-hydrogen) atoms. The Balaban J connectivity index is 1.68. The van der Waals surface area contributed by atoms with Gasteiger partial charge < -0.3 is 9.47 Å². The highest BCUT2D eigenvalue weighted by Gasteiger charge is 2.22. The molecular weight excluding hydrogens is 332 g/mol. The van der Waals surface area contributed by atoms with Crippen LogP contribution >= 0.6 is 0 Å². The van der Waals surface area contributed by atoms with E-state index in [-0.39, 0.29) is 18.3 Å². The minimum Gasteiger partial charge on any atom is -0.497 e. The number of rotatable bonds is 6. The van der Waals surface area contributed by atoms with Crippen molar-refractivity contribution in [2.24, 2.45) is 5.10 Å². The molecule has 0 fully saturated rings. The minimum atomic E-state index is -0.256. The Morgan fingerprint density at radius 2 is 1.92 bits per heavy atom. The van der Waals surface area contributed by atoms with Gasteiger partial charge in [0, 0.05) is 12.5 Å². The summed E-state index contributed by atoms with van der Waals surface area (Å²) in [6, 6.07) is 14.7. The first kappa shape index (κ1) is 17.7. The molecule has 0 spiro atoms. The van der Waals surface area contributed by atoms with E-state index < -0.39 is 0 Å². The van der Waals surface area contributed by atoms with Crippen molar-refractivity contribution in [3.8, 4) is 11.5 Å². The molecule has 6 nitrogen and oxygen atoms in total. The normalized spacial score (nSPS) is 13.3. The molecule has 1 aliphatic rings. The number of Topliss-reactive ketones (excluding diaryl/α,β-unsaturated/α-hetero) is 1. The number of carbonyl (C=O) groups is 2. The number of ketones is 1. The molecule has 0 bridgehead atoms. The predicted octanol–water partition coefficient (Wildman–Crippen LogP) is 2.91. The third-order valence-corrected chi connectivity index (χ3v) is 4.12. The Morgan fingerprint density at radius 3 is 2.62 bits per heavy atom. The second-order valence-corrected chi connectivity index (χ2v) is 5.89. The zero-order valence-corrected chi connectivity index (χ0v) is 14.8. The van der Waals surface area contributed by atoms with Crippen molar-refractivity contribution >= 4 is 17.4 Å². The van der Waals surface area contributed by atoms with Gasteiger partial charge in [-0.3, -0.25) is 9.59 Å². The lowest BCUT2D eigenvalue weighted by atomic mass is 10.1. The fourth-order valence-corrected chi connectivity index (χ4v) is 2.72. The number of ether oxygens (including phenoxy) is 2. The predicted molar refractivity (Wildman–Crippen MR) is 97.8 cm³/mol. The Kier molecular flexibility index (Phi) is 5.31. The molecule has 0 saturated carbocycles. The van der Waals surface area contributed by atoms with Crippen LogP contribution in [0.5, 0.6) is 11.5 Å². The van der Waals surface area contributed by atoms with Gasteiger partial charge in [0.15, 0.2) is 12.4 Å². The molecule has 3 rings (SSSR count). The maximum Gasteiger partial charge on any atom is 0.280 e. The lowest BCUT2D eigenvalue weighted by Crippen LogP contribution is -2.29. The van der Waals surface area contributed by atoms with Crippen molar-refractivity contribution in [3.63, 3.8) is 0 Å². The van der Waals surface area contributed by atoms with Crippen LogP contribution in [-0.4, -0.2) is 42.7 Å². The molecule has 0 saturated heterocycles. The molecule has 2 aromatic rings. The van der Waals surface area contributed by atoms with Gasteiger partial charge in [0.25, 0.3) is 5.91 Å². The van der Waals surface area contributed by atoms with Crippen LogP contribution in [0.4, 0.5) is 0 Å². The summed E-state index contributed by atoms with van der Waals surface area (Å²) < 4.78 is 10.7. The molecule has 0 aliphatic carbocycles. The van der Waals surface area contributed by atoms with Crippen molar-refractivity contribution in [3.05, 3.63) is 59.7 Å². The van der Waals surface area contributed by atoms with E-state index in [9.17, 15) is 9.59 Å². The summed E-state index contributed by atoms with van der Waals surface area (Å²) in [5.74, 6) is 0.494. The Labute approximate surface area is 152 Å². The van der Waals surface area contributed by atoms with Gasteiger partial charge in [-0.05, 0) is 24.6 Å². The Bertz CT molecular complexity index is 846. The number of carbonyl (C=O) groups excluding carboxylic acids is 2. The quantitative estimate of drug-likeness (QED) is 0.750. The topological polar surface area (TPSA) is 68.2 Å². The van der Waals surface area contributed by atoms with Crippen LogP contribution in [0.25, 0.3) is 0 Å². The van der Waals surface area contributed by atoms with Crippen molar-refractivity contribution in [2.45, 2.75) is 13.3 Å². The molecule has 2 aromatic carbocycles. The van der Waals surface area contributed by atoms with Crippen LogP contribution < -0.4 is 9.47 Å². The number of benzene rings is 2. The molecule has 1 amide bonds. The average molecular weight is 352 g/mol. The van der Waals surface area contributed by atoms with Gasteiger partial charge in [-0.15, -0.1) is 0 Å². The average Bonchev–Trinajstić information content (AvgIpc) is 3.16. The van der Waals surface area contributed by atoms with Gasteiger partial charge in [0.2, 0.25) is 0 Å². The van der Waals surface area contributed by atoms with E-state index in [0.29, 0.717) is 30.0 Å². The Morgan fingerprint density at radius 1 is 1.15 bits per heavy atom. The third-order valence-electron chi connectivity index (χ3n) is 4.12. The number of methoxy groups -OCH3 is 1. The van der Waals surface area contributed by atoms with E-state index >= 15 is 0 Å². The van der Waals surface area contributed by atoms with E-state index in [1.54, 1.807) is 18.2 Å². The molecule has 0 unspecified atom stereocenters. The first-order valence-electron chi connectivity index (χ1n) is 8.33. The summed E-state index contributed by atoms with van der Waals surface area (Å²) in [5, 5.41) is 5.80. The lowest BCUT2D eigenvalue weighted by molar-refractivity contribution is -0.132. The van der Waals surface area contributed by atoms with Crippen molar-refractivity contribution < 1.29 is 19.1 Å². The smallest absolute Gasteiger partial charge is 0.280 e.